The lowest BCUT2D eigenvalue weighted by molar-refractivity contribution is 1.17. The van der Waals surface area contributed by atoms with Crippen LogP contribution in [-0.4, -0.2) is 9.97 Å². The molecule has 2 rings (SSSR count). The van der Waals surface area contributed by atoms with Gasteiger partial charge in [-0.15, -0.1) is 0 Å². The molecule has 1 aromatic heterocycles. The highest BCUT2D eigenvalue weighted by Crippen LogP contribution is 2.19. The van der Waals surface area contributed by atoms with Gasteiger partial charge in [0.25, 0.3) is 0 Å². The molecule has 0 spiro atoms. The number of hydrogen-bond acceptors (Lipinski definition) is 4. The van der Waals surface area contributed by atoms with E-state index in [1.165, 1.54) is 6.33 Å². The Bertz CT molecular complexity index is 548. The molecule has 0 unspecified atom stereocenters. The zero-order valence-corrected chi connectivity index (χ0v) is 8.94. The fraction of sp³-hybridized carbons (Fsp3) is 0. The molecular formula is C11H7ClN4. The van der Waals surface area contributed by atoms with E-state index in [4.69, 9.17) is 16.9 Å². The summed E-state index contributed by atoms with van der Waals surface area (Å²) < 4.78 is 0. The summed E-state index contributed by atoms with van der Waals surface area (Å²) in [6, 6.07) is 10.9. The number of rotatable bonds is 2. The van der Waals surface area contributed by atoms with E-state index >= 15 is 0 Å². The maximum absolute atomic E-state index is 8.90. The van der Waals surface area contributed by atoms with Crippen LogP contribution in [0.1, 0.15) is 5.56 Å². The molecule has 0 aliphatic carbocycles. The standard InChI is InChI=1S/C11H7ClN4/c12-10-5-11(15-7-14-10)16-9-4-2-1-3-8(9)6-13/h1-5,7H,(H,14,15,16). The Balaban J connectivity index is 2.31. The lowest BCUT2D eigenvalue weighted by Crippen LogP contribution is -1.96. The van der Waals surface area contributed by atoms with E-state index in [2.05, 4.69) is 21.4 Å². The summed E-state index contributed by atoms with van der Waals surface area (Å²) in [6.45, 7) is 0. The molecule has 0 bridgehead atoms. The van der Waals surface area contributed by atoms with Crippen molar-refractivity contribution in [3.63, 3.8) is 0 Å². The highest BCUT2D eigenvalue weighted by Gasteiger charge is 2.02. The van der Waals surface area contributed by atoms with Crippen LogP contribution in [-0.2, 0) is 0 Å². The average Bonchev–Trinajstić information content (AvgIpc) is 2.30. The molecule has 0 saturated heterocycles. The van der Waals surface area contributed by atoms with Gasteiger partial charge in [-0.1, -0.05) is 23.7 Å². The van der Waals surface area contributed by atoms with Crippen molar-refractivity contribution < 1.29 is 0 Å². The van der Waals surface area contributed by atoms with Crippen molar-refractivity contribution in [2.45, 2.75) is 0 Å². The third-order valence-electron chi connectivity index (χ3n) is 1.94. The van der Waals surface area contributed by atoms with E-state index in [9.17, 15) is 0 Å². The summed E-state index contributed by atoms with van der Waals surface area (Å²) in [4.78, 5) is 7.77. The second-order valence-electron chi connectivity index (χ2n) is 3.01. The van der Waals surface area contributed by atoms with Crippen molar-refractivity contribution in [1.29, 1.82) is 5.26 Å². The highest BCUT2D eigenvalue weighted by molar-refractivity contribution is 6.29. The van der Waals surface area contributed by atoms with Crippen molar-refractivity contribution in [1.82, 2.24) is 9.97 Å². The molecule has 0 amide bonds. The van der Waals surface area contributed by atoms with Crippen LogP contribution in [0.5, 0.6) is 0 Å². The number of nitrogens with one attached hydrogen (secondary N) is 1. The molecule has 1 aromatic carbocycles. The molecule has 0 fully saturated rings. The maximum Gasteiger partial charge on any atom is 0.135 e. The molecule has 0 radical (unpaired) electrons. The minimum atomic E-state index is 0.354. The Hall–Kier alpha value is -2.12. The fourth-order valence-corrected chi connectivity index (χ4v) is 1.38. The molecule has 0 atom stereocenters. The van der Waals surface area contributed by atoms with Gasteiger partial charge in [-0.05, 0) is 12.1 Å². The maximum atomic E-state index is 8.90. The van der Waals surface area contributed by atoms with Crippen LogP contribution in [0, 0.1) is 11.3 Å². The quantitative estimate of drug-likeness (QED) is 0.806. The van der Waals surface area contributed by atoms with Crippen LogP contribution in [0.2, 0.25) is 5.15 Å². The van der Waals surface area contributed by atoms with Crippen LogP contribution in [0.25, 0.3) is 0 Å². The van der Waals surface area contributed by atoms with Crippen LogP contribution in [0.3, 0.4) is 0 Å². The Kier molecular flexibility index (Phi) is 2.99. The van der Waals surface area contributed by atoms with E-state index < -0.39 is 0 Å². The van der Waals surface area contributed by atoms with Gasteiger partial charge in [-0.2, -0.15) is 5.26 Å². The first kappa shape index (κ1) is 10.4. The minimum Gasteiger partial charge on any atom is -0.339 e. The molecule has 5 heteroatoms. The number of hydrogen-bond donors (Lipinski definition) is 1. The normalized spacial score (nSPS) is 9.50. The molecule has 0 aliphatic heterocycles. The summed E-state index contributed by atoms with van der Waals surface area (Å²) in [7, 11) is 0. The molecule has 1 N–H and O–H groups in total. The van der Waals surface area contributed by atoms with Crippen LogP contribution in [0.4, 0.5) is 11.5 Å². The van der Waals surface area contributed by atoms with Crippen molar-refractivity contribution in [3.8, 4) is 6.07 Å². The number of anilines is 2. The number of benzene rings is 1. The first-order chi connectivity index (χ1) is 7.79. The fourth-order valence-electron chi connectivity index (χ4n) is 1.23. The summed E-state index contributed by atoms with van der Waals surface area (Å²) in [5.74, 6) is 0.558. The highest BCUT2D eigenvalue weighted by atomic mass is 35.5. The summed E-state index contributed by atoms with van der Waals surface area (Å²) >= 11 is 5.73. The number of nitriles is 1. The monoisotopic (exact) mass is 230 g/mol. The first-order valence-electron chi connectivity index (χ1n) is 4.53. The SMILES string of the molecule is N#Cc1ccccc1Nc1cc(Cl)ncn1. The summed E-state index contributed by atoms with van der Waals surface area (Å²) in [5, 5.41) is 12.3. The van der Waals surface area contributed by atoms with E-state index in [0.29, 0.717) is 22.2 Å². The van der Waals surface area contributed by atoms with Gasteiger partial charge in [0.2, 0.25) is 0 Å². The Morgan fingerprint density at radius 3 is 2.81 bits per heavy atom. The van der Waals surface area contributed by atoms with E-state index in [1.54, 1.807) is 24.3 Å². The topological polar surface area (TPSA) is 61.6 Å². The molecule has 2 aromatic rings. The third kappa shape index (κ3) is 2.27. The van der Waals surface area contributed by atoms with Gasteiger partial charge in [0.15, 0.2) is 0 Å². The molecule has 0 saturated carbocycles. The average molecular weight is 231 g/mol. The zero-order valence-electron chi connectivity index (χ0n) is 8.18. The van der Waals surface area contributed by atoms with Crippen LogP contribution < -0.4 is 5.32 Å². The first-order valence-corrected chi connectivity index (χ1v) is 4.91. The van der Waals surface area contributed by atoms with Gasteiger partial charge in [0.1, 0.15) is 23.4 Å². The number of halogens is 1. The number of aromatic nitrogens is 2. The lowest BCUT2D eigenvalue weighted by atomic mass is 10.2. The molecule has 0 aliphatic rings. The van der Waals surface area contributed by atoms with Gasteiger partial charge < -0.3 is 5.32 Å². The number of nitrogens with zero attached hydrogens (tertiary/aromatic N) is 3. The second-order valence-corrected chi connectivity index (χ2v) is 3.40. The predicted octanol–water partition coefficient (Wildman–Crippen LogP) is 2.75. The lowest BCUT2D eigenvalue weighted by Gasteiger charge is -2.06. The third-order valence-corrected chi connectivity index (χ3v) is 2.15. The smallest absolute Gasteiger partial charge is 0.135 e. The van der Waals surface area contributed by atoms with Gasteiger partial charge in [-0.3, -0.25) is 0 Å². The van der Waals surface area contributed by atoms with Crippen molar-refractivity contribution in [2.75, 3.05) is 5.32 Å². The van der Waals surface area contributed by atoms with Crippen LogP contribution in [0.15, 0.2) is 36.7 Å². The minimum absolute atomic E-state index is 0.354. The Morgan fingerprint density at radius 2 is 2.06 bits per heavy atom. The predicted molar refractivity (Wildman–Crippen MR) is 61.5 cm³/mol. The Labute approximate surface area is 97.5 Å². The van der Waals surface area contributed by atoms with Crippen molar-refractivity contribution >= 4 is 23.1 Å². The van der Waals surface area contributed by atoms with E-state index in [1.807, 2.05) is 6.07 Å². The molecule has 16 heavy (non-hydrogen) atoms. The van der Waals surface area contributed by atoms with Gasteiger partial charge in [0.05, 0.1) is 11.3 Å². The van der Waals surface area contributed by atoms with Gasteiger partial charge in [-0.25, -0.2) is 9.97 Å². The number of para-hydroxylation sites is 1. The Morgan fingerprint density at radius 1 is 1.25 bits per heavy atom. The summed E-state index contributed by atoms with van der Waals surface area (Å²) in [5.41, 5.74) is 1.25. The summed E-state index contributed by atoms with van der Waals surface area (Å²) in [6.07, 6.45) is 1.36. The molecular weight excluding hydrogens is 224 g/mol. The molecule has 1 heterocycles. The van der Waals surface area contributed by atoms with Crippen molar-refractivity contribution in [3.05, 3.63) is 47.4 Å². The van der Waals surface area contributed by atoms with Gasteiger partial charge in [0, 0.05) is 6.07 Å². The molecule has 4 nitrogen and oxygen atoms in total. The van der Waals surface area contributed by atoms with Crippen molar-refractivity contribution in [2.24, 2.45) is 0 Å². The van der Waals surface area contributed by atoms with Crippen LogP contribution >= 0.6 is 11.6 Å². The zero-order chi connectivity index (χ0) is 11.4. The largest absolute Gasteiger partial charge is 0.339 e. The second kappa shape index (κ2) is 4.60. The molecule has 78 valence electrons. The van der Waals surface area contributed by atoms with E-state index in [-0.39, 0.29) is 0 Å². The van der Waals surface area contributed by atoms with E-state index in [0.717, 1.165) is 0 Å². The van der Waals surface area contributed by atoms with Gasteiger partial charge >= 0.3 is 0 Å².